The van der Waals surface area contributed by atoms with E-state index in [4.69, 9.17) is 4.74 Å². The highest BCUT2D eigenvalue weighted by molar-refractivity contribution is 5.93. The number of carbonyl (C=O) groups excluding carboxylic acids is 2. The molecule has 0 bridgehead atoms. The lowest BCUT2D eigenvalue weighted by Crippen LogP contribution is -2.52. The lowest BCUT2D eigenvalue weighted by Gasteiger charge is -2.30. The first-order valence-electron chi connectivity index (χ1n) is 11.6. The maximum absolute atomic E-state index is 13.2. The smallest absolute Gasteiger partial charge is 0.408 e. The van der Waals surface area contributed by atoms with Gasteiger partial charge in [0.05, 0.1) is 5.92 Å². The molecule has 4 aliphatic rings. The first-order valence-corrected chi connectivity index (χ1v) is 11.6. The van der Waals surface area contributed by atoms with Crippen molar-refractivity contribution in [2.24, 2.45) is 17.8 Å². The molecule has 170 valence electrons. The summed E-state index contributed by atoms with van der Waals surface area (Å²) in [6.45, 7) is 1.23. The van der Waals surface area contributed by atoms with Gasteiger partial charge in [-0.25, -0.2) is 4.79 Å². The van der Waals surface area contributed by atoms with Crippen molar-refractivity contribution >= 4 is 18.0 Å². The van der Waals surface area contributed by atoms with Crippen LogP contribution in [0.5, 0.6) is 0 Å². The lowest BCUT2D eigenvalue weighted by molar-refractivity contribution is -0.139. The fourth-order valence-electron chi connectivity index (χ4n) is 5.94. The molecule has 2 amide bonds. The van der Waals surface area contributed by atoms with Crippen molar-refractivity contribution in [1.29, 1.82) is 0 Å². The average molecular weight is 447 g/mol. The Labute approximate surface area is 191 Å². The quantitative estimate of drug-likeness (QED) is 0.735. The van der Waals surface area contributed by atoms with E-state index < -0.39 is 17.6 Å². The highest BCUT2D eigenvalue weighted by Crippen LogP contribution is 2.52. The molecule has 6 rings (SSSR count). The van der Waals surface area contributed by atoms with E-state index >= 15 is 0 Å². The average Bonchev–Trinajstić information content (AvgIpc) is 3.73. The van der Waals surface area contributed by atoms with Crippen molar-refractivity contribution in [2.45, 2.75) is 30.7 Å². The number of piperidine rings is 1. The summed E-state index contributed by atoms with van der Waals surface area (Å²) in [5, 5.41) is 12.1. The van der Waals surface area contributed by atoms with Crippen LogP contribution < -0.4 is 5.32 Å². The molecule has 1 unspecified atom stereocenters. The highest BCUT2D eigenvalue weighted by Gasteiger charge is 2.60. The van der Waals surface area contributed by atoms with Gasteiger partial charge in [0.15, 0.2) is 0 Å². The maximum atomic E-state index is 13.2. The molecule has 3 fully saturated rings. The van der Waals surface area contributed by atoms with Crippen LogP contribution in [-0.4, -0.2) is 53.2 Å². The predicted molar refractivity (Wildman–Crippen MR) is 119 cm³/mol. The predicted octanol–water partition coefficient (Wildman–Crippen LogP) is 3.24. The molecule has 2 aromatic carbocycles. The third kappa shape index (κ3) is 3.29. The van der Waals surface area contributed by atoms with E-state index in [1.165, 1.54) is 11.1 Å². The Morgan fingerprint density at radius 3 is 2.24 bits per heavy atom. The number of nitrogens with zero attached hydrogens (tertiary/aromatic N) is 1. The summed E-state index contributed by atoms with van der Waals surface area (Å²) in [5.74, 6) is -0.992. The van der Waals surface area contributed by atoms with Crippen molar-refractivity contribution in [3.63, 3.8) is 0 Å². The van der Waals surface area contributed by atoms with Crippen molar-refractivity contribution in [2.75, 3.05) is 19.7 Å². The molecule has 2 N–H and O–H groups in total. The zero-order valence-corrected chi connectivity index (χ0v) is 18.2. The molecule has 7 nitrogen and oxygen atoms in total. The molecule has 3 aliphatic carbocycles. The van der Waals surface area contributed by atoms with Crippen LogP contribution in [0.2, 0.25) is 0 Å². The Hall–Kier alpha value is -3.35. The Balaban J connectivity index is 1.09. The number of benzene rings is 2. The Kier molecular flexibility index (Phi) is 4.50. The van der Waals surface area contributed by atoms with E-state index in [2.05, 4.69) is 29.6 Å². The van der Waals surface area contributed by atoms with E-state index in [1.54, 1.807) is 4.90 Å². The van der Waals surface area contributed by atoms with Crippen LogP contribution in [0, 0.1) is 17.8 Å². The number of rotatable bonds is 5. The van der Waals surface area contributed by atoms with Crippen LogP contribution in [-0.2, 0) is 14.3 Å². The van der Waals surface area contributed by atoms with Crippen molar-refractivity contribution in [1.82, 2.24) is 10.2 Å². The van der Waals surface area contributed by atoms with Gasteiger partial charge in [-0.1, -0.05) is 48.5 Å². The minimum atomic E-state index is -0.900. The minimum Gasteiger partial charge on any atom is -0.481 e. The fourth-order valence-corrected chi connectivity index (χ4v) is 5.94. The molecule has 2 aromatic rings. The number of likely N-dealkylation sites (tertiary alicyclic amines) is 1. The van der Waals surface area contributed by atoms with Crippen molar-refractivity contribution in [3.8, 4) is 11.1 Å². The summed E-state index contributed by atoms with van der Waals surface area (Å²) in [7, 11) is 0. The van der Waals surface area contributed by atoms with Crippen LogP contribution in [0.4, 0.5) is 4.79 Å². The van der Waals surface area contributed by atoms with E-state index in [-0.39, 0.29) is 36.2 Å². The first-order chi connectivity index (χ1) is 16.0. The zero-order chi connectivity index (χ0) is 22.7. The first kappa shape index (κ1) is 20.3. The lowest BCUT2D eigenvalue weighted by atomic mass is 9.98. The second kappa shape index (κ2) is 7.33. The van der Waals surface area contributed by atoms with Gasteiger partial charge in [0.25, 0.3) is 0 Å². The second-order valence-electron chi connectivity index (χ2n) is 9.76. The number of hydrogen-bond acceptors (Lipinski definition) is 4. The van der Waals surface area contributed by atoms with Gasteiger partial charge in [0.2, 0.25) is 5.91 Å². The highest BCUT2D eigenvalue weighted by atomic mass is 16.5. The van der Waals surface area contributed by atoms with E-state index in [0.29, 0.717) is 32.4 Å². The van der Waals surface area contributed by atoms with E-state index in [1.807, 2.05) is 24.3 Å². The van der Waals surface area contributed by atoms with Gasteiger partial charge >= 0.3 is 12.1 Å². The Morgan fingerprint density at radius 2 is 1.64 bits per heavy atom. The Bertz CT molecular complexity index is 1110. The summed E-state index contributed by atoms with van der Waals surface area (Å²) in [6.07, 6.45) is 1.31. The molecule has 0 aromatic heterocycles. The van der Waals surface area contributed by atoms with Gasteiger partial charge in [-0.05, 0) is 53.4 Å². The van der Waals surface area contributed by atoms with Gasteiger partial charge in [-0.15, -0.1) is 0 Å². The summed E-state index contributed by atoms with van der Waals surface area (Å²) < 4.78 is 5.63. The van der Waals surface area contributed by atoms with Crippen LogP contribution in [0.25, 0.3) is 11.1 Å². The molecule has 3 atom stereocenters. The number of ether oxygens (including phenoxy) is 1. The standard InChI is InChI=1S/C26H26N2O5/c29-23(30)22-19-9-12-28(13-20(19)22)24(31)26(10-11-26)27-25(32)33-14-21-17-7-3-1-5-15(17)16-6-2-4-8-18(16)21/h1-8,19-22H,9-14H2,(H,27,32)(H,29,30)/t19-,20+,22?/m1/s1. The Morgan fingerprint density at radius 1 is 1.00 bits per heavy atom. The molecule has 0 spiro atoms. The number of carboxylic acid groups (broad SMARTS) is 1. The largest absolute Gasteiger partial charge is 0.481 e. The van der Waals surface area contributed by atoms with Crippen LogP contribution >= 0.6 is 0 Å². The number of nitrogens with one attached hydrogen (secondary N) is 1. The van der Waals surface area contributed by atoms with E-state index in [0.717, 1.165) is 11.1 Å². The van der Waals surface area contributed by atoms with Gasteiger partial charge in [-0.3, -0.25) is 9.59 Å². The number of carbonyl (C=O) groups is 3. The number of aliphatic carboxylic acids is 1. The van der Waals surface area contributed by atoms with Crippen LogP contribution in [0.1, 0.15) is 36.3 Å². The normalized spacial score (nSPS) is 25.9. The monoisotopic (exact) mass is 446 g/mol. The van der Waals surface area contributed by atoms with Gasteiger partial charge in [0.1, 0.15) is 12.1 Å². The molecule has 1 aliphatic heterocycles. The number of amides is 2. The number of fused-ring (bicyclic) bond motifs is 4. The minimum absolute atomic E-state index is 0.0316. The number of hydrogen-bond donors (Lipinski definition) is 2. The SMILES string of the molecule is O=C(NC1(C(=O)N2CC[C@H]3C(C(=O)O)[C@H]3C2)CC1)OCC1c2ccccc2-c2ccccc21. The molecular weight excluding hydrogens is 420 g/mol. The van der Waals surface area contributed by atoms with Gasteiger partial charge < -0.3 is 20.1 Å². The topological polar surface area (TPSA) is 95.9 Å². The summed E-state index contributed by atoms with van der Waals surface area (Å²) in [4.78, 5) is 38.9. The molecule has 0 radical (unpaired) electrons. The fraction of sp³-hybridized carbons (Fsp3) is 0.423. The van der Waals surface area contributed by atoms with Crippen LogP contribution in [0.15, 0.2) is 48.5 Å². The molecular formula is C26H26N2O5. The van der Waals surface area contributed by atoms with Crippen molar-refractivity contribution in [3.05, 3.63) is 59.7 Å². The molecule has 1 saturated heterocycles. The van der Waals surface area contributed by atoms with Gasteiger partial charge in [-0.2, -0.15) is 0 Å². The molecule has 1 heterocycles. The van der Waals surface area contributed by atoms with Gasteiger partial charge in [0, 0.05) is 19.0 Å². The molecule has 33 heavy (non-hydrogen) atoms. The maximum Gasteiger partial charge on any atom is 0.408 e. The third-order valence-electron chi connectivity index (χ3n) is 7.91. The van der Waals surface area contributed by atoms with Crippen molar-refractivity contribution < 1.29 is 24.2 Å². The number of carboxylic acids is 1. The molecule has 7 heteroatoms. The summed E-state index contributed by atoms with van der Waals surface area (Å²) >= 11 is 0. The molecule has 2 saturated carbocycles. The van der Waals surface area contributed by atoms with Crippen LogP contribution in [0.3, 0.4) is 0 Å². The summed E-state index contributed by atoms with van der Waals surface area (Å²) in [5.41, 5.74) is 3.72. The number of alkyl carbamates (subject to hydrolysis) is 1. The summed E-state index contributed by atoms with van der Waals surface area (Å²) in [6, 6.07) is 16.3. The van der Waals surface area contributed by atoms with E-state index in [9.17, 15) is 19.5 Å². The zero-order valence-electron chi connectivity index (χ0n) is 18.2. The third-order valence-corrected chi connectivity index (χ3v) is 7.91. The second-order valence-corrected chi connectivity index (χ2v) is 9.76.